The highest BCUT2D eigenvalue weighted by Gasteiger charge is 2.19. The summed E-state index contributed by atoms with van der Waals surface area (Å²) in [5.41, 5.74) is 0. The fourth-order valence-corrected chi connectivity index (χ4v) is 0. The van der Waals surface area contributed by atoms with Crippen molar-refractivity contribution in [1.82, 2.24) is 0 Å². The lowest BCUT2D eigenvalue weighted by molar-refractivity contribution is 0.551. The molecule has 0 nitrogen and oxygen atoms in total. The lowest BCUT2D eigenvalue weighted by Gasteiger charge is -1.98. The molecule has 38 valence electrons. The van der Waals surface area contributed by atoms with Gasteiger partial charge in [-0.3, -0.25) is 0 Å². The minimum absolute atomic E-state index is 0.521. The third-order valence-corrected chi connectivity index (χ3v) is 2.99. The molecule has 0 bridgehead atoms. The zero-order valence-corrected chi connectivity index (χ0v) is 7.16. The van der Waals surface area contributed by atoms with Crippen molar-refractivity contribution in [3.63, 3.8) is 0 Å². The highest BCUT2D eigenvalue weighted by Crippen LogP contribution is 2.42. The normalized spacial score (nSPS) is 12.0. The van der Waals surface area contributed by atoms with Gasteiger partial charge in [0.25, 0.3) is 2.82 Å². The van der Waals surface area contributed by atoms with E-state index in [-0.39, 0.29) is 0 Å². The molecule has 0 unspecified atom stereocenters. The Morgan fingerprint density at radius 1 is 1.67 bits per heavy atom. The lowest BCUT2D eigenvalue weighted by Crippen LogP contribution is -1.86. The summed E-state index contributed by atoms with van der Waals surface area (Å²) in [7, 11) is 5.45. The largest absolute Gasteiger partial charge is 0.278 e. The van der Waals surface area contributed by atoms with Crippen molar-refractivity contribution >= 4 is 53.5 Å². The first-order chi connectivity index (χ1) is 2.56. The van der Waals surface area contributed by atoms with E-state index in [0.717, 1.165) is 0 Å². The molecular formula is CBr2ClFS. The van der Waals surface area contributed by atoms with Gasteiger partial charge >= 0.3 is 0 Å². The van der Waals surface area contributed by atoms with Crippen LogP contribution in [0.2, 0.25) is 0 Å². The molecule has 0 aromatic heterocycles. The van der Waals surface area contributed by atoms with Crippen LogP contribution in [0.25, 0.3) is 0 Å². The van der Waals surface area contributed by atoms with Gasteiger partial charge in [-0.2, -0.15) is 0 Å². The molecule has 6 heavy (non-hydrogen) atoms. The highest BCUT2D eigenvalue weighted by molar-refractivity contribution is 9.28. The van der Waals surface area contributed by atoms with Gasteiger partial charge in [-0.05, 0) is 42.5 Å². The molecule has 0 rings (SSSR count). The molecule has 0 heterocycles. The van der Waals surface area contributed by atoms with Crippen molar-refractivity contribution in [3.8, 4) is 0 Å². The smallest absolute Gasteiger partial charge is 0.205 e. The van der Waals surface area contributed by atoms with E-state index in [0.29, 0.717) is 11.0 Å². The maximum atomic E-state index is 11.8. The van der Waals surface area contributed by atoms with E-state index >= 15 is 0 Å². The number of hydrogen-bond acceptors (Lipinski definition) is 1. The fourth-order valence-electron chi connectivity index (χ4n) is 0. The predicted molar refractivity (Wildman–Crippen MR) is 35.1 cm³/mol. The first-order valence-corrected chi connectivity index (χ1v) is 4.15. The van der Waals surface area contributed by atoms with Crippen molar-refractivity contribution in [2.24, 2.45) is 0 Å². The molecule has 0 fully saturated rings. The molecule has 0 saturated heterocycles. The van der Waals surface area contributed by atoms with Gasteiger partial charge in [0.05, 0.1) is 0 Å². The van der Waals surface area contributed by atoms with Crippen molar-refractivity contribution in [3.05, 3.63) is 0 Å². The molecule has 0 N–H and O–H groups in total. The Morgan fingerprint density at radius 3 is 1.83 bits per heavy atom. The molecule has 0 aromatic rings. The average molecular weight is 258 g/mol. The number of hydrogen-bond donors (Lipinski definition) is 0. The first kappa shape index (κ1) is 7.53. The summed E-state index contributed by atoms with van der Waals surface area (Å²) in [6.07, 6.45) is 0. The predicted octanol–water partition coefficient (Wildman–Crippen LogP) is 3.24. The maximum absolute atomic E-state index is 11.8. The van der Waals surface area contributed by atoms with Crippen molar-refractivity contribution < 1.29 is 4.39 Å². The van der Waals surface area contributed by atoms with Gasteiger partial charge in [0.1, 0.15) is 0 Å². The van der Waals surface area contributed by atoms with Crippen molar-refractivity contribution in [2.45, 2.75) is 2.82 Å². The van der Waals surface area contributed by atoms with Gasteiger partial charge in [0, 0.05) is 11.0 Å². The molecule has 0 aliphatic rings. The Hall–Kier alpha value is 1.53. The molecule has 0 atom stereocenters. The summed E-state index contributed by atoms with van der Waals surface area (Å²) < 4.78 is 10.1. The second kappa shape index (κ2) is 2.74. The topological polar surface area (TPSA) is 0 Å². The minimum Gasteiger partial charge on any atom is -0.205 e. The highest BCUT2D eigenvalue weighted by atomic mass is 79.9. The van der Waals surface area contributed by atoms with Crippen LogP contribution >= 0.6 is 53.5 Å². The second-order valence-electron chi connectivity index (χ2n) is 0.523. The summed E-state index contributed by atoms with van der Waals surface area (Å²) in [6.45, 7) is 0. The van der Waals surface area contributed by atoms with Gasteiger partial charge in [0.15, 0.2) is 0 Å². The number of halogens is 4. The third-order valence-electron chi connectivity index (χ3n) is 0.0875. The van der Waals surface area contributed by atoms with E-state index in [1.165, 1.54) is 0 Å². The van der Waals surface area contributed by atoms with Gasteiger partial charge < -0.3 is 0 Å². The van der Waals surface area contributed by atoms with Crippen LogP contribution in [0.15, 0.2) is 0 Å². The van der Waals surface area contributed by atoms with Crippen LogP contribution in [0.5, 0.6) is 0 Å². The van der Waals surface area contributed by atoms with Crippen molar-refractivity contribution in [2.75, 3.05) is 0 Å². The summed E-state index contributed by atoms with van der Waals surface area (Å²) in [5, 5.41) is 0. The molecule has 0 saturated carbocycles. The monoisotopic (exact) mass is 256 g/mol. The zero-order chi connectivity index (χ0) is 5.21. The van der Waals surface area contributed by atoms with Crippen LogP contribution in [0.4, 0.5) is 4.39 Å². The molecule has 0 aromatic carbocycles. The number of alkyl halides is 3. The van der Waals surface area contributed by atoms with Gasteiger partial charge in [-0.15, -0.1) is 0 Å². The summed E-state index contributed by atoms with van der Waals surface area (Å²) in [4.78, 5) is 0. The van der Waals surface area contributed by atoms with Crippen LogP contribution in [0.1, 0.15) is 0 Å². The SMILES string of the molecule is FC(Br)(Br)SCl. The molecule has 0 aliphatic heterocycles. The lowest BCUT2D eigenvalue weighted by atomic mass is 11.8. The molecule has 5 heteroatoms. The van der Waals surface area contributed by atoms with E-state index < -0.39 is 2.82 Å². The molecule has 0 aliphatic carbocycles. The summed E-state index contributed by atoms with van der Waals surface area (Å²) >= 11 is 5.12. The van der Waals surface area contributed by atoms with E-state index in [1.54, 1.807) is 0 Å². The van der Waals surface area contributed by atoms with Crippen LogP contribution in [-0.2, 0) is 0 Å². The minimum atomic E-state index is -1.65. The van der Waals surface area contributed by atoms with Gasteiger partial charge in [-0.1, -0.05) is 0 Å². The van der Waals surface area contributed by atoms with E-state index in [9.17, 15) is 4.39 Å². The second-order valence-corrected chi connectivity index (χ2v) is 6.00. The van der Waals surface area contributed by atoms with E-state index in [2.05, 4.69) is 31.9 Å². The molecule has 0 amide bonds. The molecule has 0 spiro atoms. The van der Waals surface area contributed by atoms with Crippen LogP contribution in [0.3, 0.4) is 0 Å². The van der Waals surface area contributed by atoms with E-state index in [1.807, 2.05) is 0 Å². The Balaban J connectivity index is 3.17. The Kier molecular flexibility index (Phi) is 3.44. The molecule has 0 radical (unpaired) electrons. The zero-order valence-electron chi connectivity index (χ0n) is 2.42. The maximum Gasteiger partial charge on any atom is 0.278 e. The fraction of sp³-hybridized carbons (Fsp3) is 1.00. The Labute approximate surface area is 60.6 Å². The average Bonchev–Trinajstić information content (AvgIpc) is 1.35. The first-order valence-electron chi connectivity index (χ1n) is 0.925. The Bertz CT molecular complexity index is 43.3. The molecular weight excluding hydrogens is 258 g/mol. The Morgan fingerprint density at radius 2 is 1.83 bits per heavy atom. The van der Waals surface area contributed by atoms with Gasteiger partial charge in [0.2, 0.25) is 0 Å². The summed E-state index contributed by atoms with van der Waals surface area (Å²) in [5.74, 6) is 0. The quantitative estimate of drug-likeness (QED) is 0.651. The van der Waals surface area contributed by atoms with E-state index in [4.69, 9.17) is 10.7 Å². The third kappa shape index (κ3) is 5.53. The van der Waals surface area contributed by atoms with Crippen LogP contribution in [-0.4, -0.2) is 2.82 Å². The van der Waals surface area contributed by atoms with Gasteiger partial charge in [-0.25, -0.2) is 4.39 Å². The van der Waals surface area contributed by atoms with Crippen molar-refractivity contribution in [1.29, 1.82) is 0 Å². The standard InChI is InChI=1S/CBr2ClFS/c2-1(3,5)6-4. The van der Waals surface area contributed by atoms with Crippen LogP contribution < -0.4 is 0 Å². The van der Waals surface area contributed by atoms with Crippen LogP contribution in [0, 0.1) is 0 Å². The number of rotatable bonds is 1. The summed E-state index contributed by atoms with van der Waals surface area (Å²) in [6, 6.07) is 0.